The van der Waals surface area contributed by atoms with E-state index in [2.05, 4.69) is 16.4 Å². The quantitative estimate of drug-likeness (QED) is 0.664. The lowest BCUT2D eigenvalue weighted by atomic mass is 9.68. The Balaban J connectivity index is 1.65. The summed E-state index contributed by atoms with van der Waals surface area (Å²) in [7, 11) is 0. The highest BCUT2D eigenvalue weighted by atomic mass is 35.5. The van der Waals surface area contributed by atoms with E-state index >= 15 is 0 Å². The fourth-order valence-electron chi connectivity index (χ4n) is 4.64. The number of benzene rings is 2. The molecule has 1 atom stereocenters. The molecule has 2 aliphatic rings. The van der Waals surface area contributed by atoms with Crippen molar-refractivity contribution in [2.75, 3.05) is 23.3 Å². The number of halogens is 1. The number of hydrogen-bond donors (Lipinski definition) is 1. The van der Waals surface area contributed by atoms with E-state index in [-0.39, 0.29) is 5.91 Å². The van der Waals surface area contributed by atoms with Gasteiger partial charge in [0.15, 0.2) is 0 Å². The van der Waals surface area contributed by atoms with Gasteiger partial charge >= 0.3 is 0 Å². The van der Waals surface area contributed by atoms with Gasteiger partial charge in [-0.3, -0.25) is 9.78 Å². The molecule has 1 spiro atoms. The van der Waals surface area contributed by atoms with E-state index in [4.69, 9.17) is 11.6 Å². The molecule has 1 N–H and O–H groups in total. The largest absolute Gasteiger partial charge is 0.385 e. The van der Waals surface area contributed by atoms with Crippen LogP contribution in [0.3, 0.4) is 0 Å². The van der Waals surface area contributed by atoms with E-state index in [1.807, 2.05) is 53.7 Å². The van der Waals surface area contributed by atoms with Crippen LogP contribution in [0, 0.1) is 0 Å². The molecule has 0 radical (unpaired) electrons. The molecule has 3 heterocycles. The monoisotopic (exact) mass is 377 g/mol. The number of anilines is 2. The zero-order chi connectivity index (χ0) is 18.4. The molecule has 4 nitrogen and oxygen atoms in total. The van der Waals surface area contributed by atoms with E-state index in [1.165, 1.54) is 0 Å². The second kappa shape index (κ2) is 6.24. The van der Waals surface area contributed by atoms with E-state index in [9.17, 15) is 4.79 Å². The Kier molecular flexibility index (Phi) is 3.83. The van der Waals surface area contributed by atoms with Crippen molar-refractivity contribution in [2.45, 2.75) is 24.7 Å². The fraction of sp³-hybridized carbons (Fsp3) is 0.273. The number of nitrogens with one attached hydrogen (secondary N) is 1. The molecule has 5 heteroatoms. The Morgan fingerprint density at radius 3 is 2.93 bits per heavy atom. The summed E-state index contributed by atoms with van der Waals surface area (Å²) >= 11 is 6.30. The lowest BCUT2D eigenvalue weighted by Crippen LogP contribution is -2.54. The van der Waals surface area contributed by atoms with Gasteiger partial charge in [-0.1, -0.05) is 35.9 Å². The van der Waals surface area contributed by atoms with Gasteiger partial charge in [-0.05, 0) is 43.0 Å². The molecular weight excluding hydrogens is 358 g/mol. The minimum absolute atomic E-state index is 0.164. The number of piperidine rings is 1. The maximum Gasteiger partial charge on any atom is 0.237 e. The fourth-order valence-corrected chi connectivity index (χ4v) is 4.82. The molecule has 3 aromatic rings. The van der Waals surface area contributed by atoms with E-state index in [1.54, 1.807) is 0 Å². The first kappa shape index (κ1) is 16.6. The van der Waals surface area contributed by atoms with Crippen LogP contribution in [0.4, 0.5) is 11.4 Å². The van der Waals surface area contributed by atoms with Crippen LogP contribution in [0.5, 0.6) is 0 Å². The highest BCUT2D eigenvalue weighted by Crippen LogP contribution is 2.46. The number of carbonyl (C=O) groups excluding carboxylic acids is 1. The van der Waals surface area contributed by atoms with Crippen molar-refractivity contribution in [3.63, 3.8) is 0 Å². The Hall–Kier alpha value is -2.59. The van der Waals surface area contributed by atoms with Crippen LogP contribution >= 0.6 is 11.6 Å². The van der Waals surface area contributed by atoms with Crippen molar-refractivity contribution in [1.29, 1.82) is 0 Å². The highest BCUT2D eigenvalue weighted by molar-refractivity contribution is 6.30. The van der Waals surface area contributed by atoms with Gasteiger partial charge in [0.1, 0.15) is 0 Å². The predicted molar refractivity (Wildman–Crippen MR) is 110 cm³/mol. The molecule has 5 rings (SSSR count). The van der Waals surface area contributed by atoms with Gasteiger partial charge in [0.25, 0.3) is 0 Å². The molecule has 1 aromatic heterocycles. The average Bonchev–Trinajstić information content (AvgIpc) is 2.70. The molecule has 1 saturated heterocycles. The topological polar surface area (TPSA) is 45.2 Å². The maximum absolute atomic E-state index is 13.8. The normalized spacial score (nSPS) is 22.0. The lowest BCUT2D eigenvalue weighted by Gasteiger charge is -2.45. The number of pyridine rings is 1. The summed E-state index contributed by atoms with van der Waals surface area (Å²) in [5, 5.41) is 6.22. The van der Waals surface area contributed by atoms with Gasteiger partial charge in [0.2, 0.25) is 5.91 Å². The van der Waals surface area contributed by atoms with Crippen LogP contribution in [0.1, 0.15) is 24.8 Å². The van der Waals surface area contributed by atoms with Crippen LogP contribution in [-0.4, -0.2) is 24.0 Å². The summed E-state index contributed by atoms with van der Waals surface area (Å²) in [6.45, 7) is 1.52. The Labute approximate surface area is 163 Å². The van der Waals surface area contributed by atoms with Gasteiger partial charge in [0.05, 0.1) is 17.3 Å². The first-order chi connectivity index (χ1) is 13.2. The summed E-state index contributed by atoms with van der Waals surface area (Å²) in [5.74, 6) is 0.164. The van der Waals surface area contributed by atoms with E-state index < -0.39 is 5.41 Å². The number of fused-ring (bicyclic) bond motifs is 3. The number of aromatic nitrogens is 1. The van der Waals surface area contributed by atoms with Crippen molar-refractivity contribution < 1.29 is 4.79 Å². The third kappa shape index (κ3) is 2.51. The predicted octanol–water partition coefficient (Wildman–Crippen LogP) is 4.77. The van der Waals surface area contributed by atoms with E-state index in [0.29, 0.717) is 5.02 Å². The molecular formula is C22H20ClN3O. The van der Waals surface area contributed by atoms with E-state index in [0.717, 1.165) is 60.1 Å². The highest BCUT2D eigenvalue weighted by Gasteiger charge is 2.48. The van der Waals surface area contributed by atoms with Crippen LogP contribution in [-0.2, 0) is 10.2 Å². The third-order valence-corrected chi connectivity index (χ3v) is 6.18. The number of amides is 1. The molecule has 1 fully saturated rings. The van der Waals surface area contributed by atoms with Gasteiger partial charge in [0, 0.05) is 40.8 Å². The van der Waals surface area contributed by atoms with Crippen LogP contribution in [0.25, 0.3) is 10.8 Å². The summed E-state index contributed by atoms with van der Waals surface area (Å²) < 4.78 is 0. The Bertz CT molecular complexity index is 1050. The summed E-state index contributed by atoms with van der Waals surface area (Å²) in [6, 6.07) is 13.9. The number of rotatable bonds is 1. The van der Waals surface area contributed by atoms with Crippen molar-refractivity contribution in [2.24, 2.45) is 0 Å². The molecule has 2 aliphatic heterocycles. The number of nitrogens with zero attached hydrogens (tertiary/aromatic N) is 2. The van der Waals surface area contributed by atoms with Gasteiger partial charge < -0.3 is 10.2 Å². The molecule has 0 aliphatic carbocycles. The standard InChI is InChI=1S/C22H20ClN3O/c23-16-6-7-19-18(12-16)22(9-10-25-19)8-3-11-26(21(22)27)20-14-24-13-15-4-1-2-5-17(15)20/h1-2,4-7,12-14,25H,3,8-11H2/t22-/m1/s1. The zero-order valence-corrected chi connectivity index (χ0v) is 15.7. The second-order valence-electron chi connectivity index (χ2n) is 7.39. The van der Waals surface area contributed by atoms with Crippen molar-refractivity contribution >= 4 is 39.7 Å². The summed E-state index contributed by atoms with van der Waals surface area (Å²) in [4.78, 5) is 20.2. The summed E-state index contributed by atoms with van der Waals surface area (Å²) in [5.41, 5.74) is 2.45. The lowest BCUT2D eigenvalue weighted by molar-refractivity contribution is -0.126. The van der Waals surface area contributed by atoms with Gasteiger partial charge in [-0.25, -0.2) is 0 Å². The molecule has 0 bridgehead atoms. The molecule has 0 unspecified atom stereocenters. The van der Waals surface area contributed by atoms with Gasteiger partial charge in [-0.15, -0.1) is 0 Å². The minimum atomic E-state index is -0.513. The average molecular weight is 378 g/mol. The van der Waals surface area contributed by atoms with Gasteiger partial charge in [-0.2, -0.15) is 0 Å². The van der Waals surface area contributed by atoms with Crippen molar-refractivity contribution in [1.82, 2.24) is 4.98 Å². The molecule has 27 heavy (non-hydrogen) atoms. The first-order valence-corrected chi connectivity index (χ1v) is 9.75. The smallest absolute Gasteiger partial charge is 0.237 e. The number of hydrogen-bond acceptors (Lipinski definition) is 3. The Morgan fingerprint density at radius 2 is 2.00 bits per heavy atom. The Morgan fingerprint density at radius 1 is 1.11 bits per heavy atom. The zero-order valence-electron chi connectivity index (χ0n) is 14.9. The minimum Gasteiger partial charge on any atom is -0.385 e. The van der Waals surface area contributed by atoms with Crippen LogP contribution < -0.4 is 10.2 Å². The SMILES string of the molecule is O=C1N(c2cncc3ccccc23)CCC[C@]12CCNc1ccc(Cl)cc12. The van der Waals surface area contributed by atoms with Crippen LogP contribution in [0.15, 0.2) is 54.9 Å². The second-order valence-corrected chi connectivity index (χ2v) is 7.83. The molecule has 0 saturated carbocycles. The third-order valence-electron chi connectivity index (χ3n) is 5.94. The van der Waals surface area contributed by atoms with Crippen LogP contribution in [0.2, 0.25) is 5.02 Å². The van der Waals surface area contributed by atoms with Crippen molar-refractivity contribution in [3.05, 3.63) is 65.4 Å². The van der Waals surface area contributed by atoms with Crippen molar-refractivity contribution in [3.8, 4) is 0 Å². The maximum atomic E-state index is 13.8. The first-order valence-electron chi connectivity index (χ1n) is 9.38. The number of carbonyl (C=O) groups is 1. The summed E-state index contributed by atoms with van der Waals surface area (Å²) in [6.07, 6.45) is 6.27. The molecule has 1 amide bonds. The molecule has 136 valence electrons. The molecule has 2 aromatic carbocycles.